The van der Waals surface area contributed by atoms with Gasteiger partial charge in [-0.05, 0) is 38.5 Å². The highest BCUT2D eigenvalue weighted by Crippen LogP contribution is 2.19. The van der Waals surface area contributed by atoms with Gasteiger partial charge < -0.3 is 14.8 Å². The fourth-order valence-corrected chi connectivity index (χ4v) is 1.53. The van der Waals surface area contributed by atoms with Crippen molar-refractivity contribution in [3.8, 4) is 0 Å². The highest BCUT2D eigenvalue weighted by Gasteiger charge is 2.13. The molecule has 0 heterocycles. The van der Waals surface area contributed by atoms with E-state index < -0.39 is 5.97 Å². The number of nitrogens with one attached hydrogen (secondary N) is 1. The molecule has 5 nitrogen and oxygen atoms in total. The average Bonchev–Trinajstić information content (AvgIpc) is 2.38. The molecule has 1 aromatic rings. The van der Waals surface area contributed by atoms with Crippen molar-refractivity contribution >= 4 is 17.6 Å². The summed E-state index contributed by atoms with van der Waals surface area (Å²) in [6, 6.07) is 5.08. The molecule has 0 atom stereocenters. The average molecular weight is 265 g/mol. The van der Waals surface area contributed by atoms with E-state index >= 15 is 0 Å². The lowest BCUT2D eigenvalue weighted by molar-refractivity contribution is -0.121. The molecule has 5 heteroatoms. The minimum absolute atomic E-state index is 0.00625. The van der Waals surface area contributed by atoms with Crippen LogP contribution in [-0.2, 0) is 14.3 Å². The molecule has 0 bridgehead atoms. The molecule has 1 rings (SSSR count). The Morgan fingerprint density at radius 1 is 1.32 bits per heavy atom. The summed E-state index contributed by atoms with van der Waals surface area (Å²) >= 11 is 0. The molecule has 0 saturated heterocycles. The summed E-state index contributed by atoms with van der Waals surface area (Å²) in [5.41, 5.74) is 1.69. The molecule has 0 aromatic heterocycles. The van der Waals surface area contributed by atoms with Gasteiger partial charge in [-0.3, -0.25) is 4.79 Å². The molecule has 0 unspecified atom stereocenters. The number of methoxy groups -OCH3 is 1. The van der Waals surface area contributed by atoms with Crippen LogP contribution in [0.25, 0.3) is 0 Å². The quantitative estimate of drug-likeness (QED) is 0.828. The van der Waals surface area contributed by atoms with Gasteiger partial charge in [0.25, 0.3) is 0 Å². The van der Waals surface area contributed by atoms with Crippen molar-refractivity contribution in [2.45, 2.75) is 26.9 Å². The van der Waals surface area contributed by atoms with E-state index in [4.69, 9.17) is 4.74 Å². The van der Waals surface area contributed by atoms with E-state index in [9.17, 15) is 9.59 Å². The zero-order valence-electron chi connectivity index (χ0n) is 11.6. The molecule has 0 aliphatic carbocycles. The lowest BCUT2D eigenvalue weighted by Gasteiger charge is -2.12. The number of hydrogen-bond donors (Lipinski definition) is 1. The standard InChI is InChI=1S/C14H19NO4/c1-9(2)19-8-13(16)15-12-7-5-6-11(10(12)3)14(17)18-4/h5-7,9H,8H2,1-4H3,(H,15,16). The Morgan fingerprint density at radius 2 is 2.00 bits per heavy atom. The van der Waals surface area contributed by atoms with Gasteiger partial charge in [-0.2, -0.15) is 0 Å². The normalized spacial score (nSPS) is 10.4. The number of hydrogen-bond acceptors (Lipinski definition) is 4. The Balaban J connectivity index is 2.79. The van der Waals surface area contributed by atoms with Crippen molar-refractivity contribution in [3.05, 3.63) is 29.3 Å². The van der Waals surface area contributed by atoms with Crippen LogP contribution < -0.4 is 5.32 Å². The van der Waals surface area contributed by atoms with E-state index in [1.54, 1.807) is 25.1 Å². The summed E-state index contributed by atoms with van der Waals surface area (Å²) in [7, 11) is 1.32. The largest absolute Gasteiger partial charge is 0.465 e. The lowest BCUT2D eigenvalue weighted by atomic mass is 10.1. The number of carbonyl (C=O) groups excluding carboxylic acids is 2. The van der Waals surface area contributed by atoms with Crippen LogP contribution in [-0.4, -0.2) is 31.7 Å². The molecule has 0 saturated carbocycles. The lowest BCUT2D eigenvalue weighted by Crippen LogP contribution is -2.21. The van der Waals surface area contributed by atoms with Gasteiger partial charge in [0.1, 0.15) is 6.61 Å². The molecule has 1 amide bonds. The van der Waals surface area contributed by atoms with Crippen molar-refractivity contribution in [2.24, 2.45) is 0 Å². The predicted molar refractivity (Wildman–Crippen MR) is 72.2 cm³/mol. The smallest absolute Gasteiger partial charge is 0.338 e. The van der Waals surface area contributed by atoms with E-state index in [-0.39, 0.29) is 18.6 Å². The first-order chi connectivity index (χ1) is 8.95. The molecule has 0 aliphatic rings. The van der Waals surface area contributed by atoms with Gasteiger partial charge in [0.2, 0.25) is 5.91 Å². The van der Waals surface area contributed by atoms with Crippen LogP contribution in [0.4, 0.5) is 5.69 Å². The number of anilines is 1. The monoisotopic (exact) mass is 265 g/mol. The predicted octanol–water partition coefficient (Wildman–Crippen LogP) is 2.15. The van der Waals surface area contributed by atoms with Crippen molar-refractivity contribution in [3.63, 3.8) is 0 Å². The highest BCUT2D eigenvalue weighted by atomic mass is 16.5. The second-order valence-electron chi connectivity index (χ2n) is 4.38. The summed E-state index contributed by atoms with van der Waals surface area (Å²) in [5, 5.41) is 2.71. The third-order valence-corrected chi connectivity index (χ3v) is 2.56. The molecule has 0 aliphatic heterocycles. The van der Waals surface area contributed by atoms with Crippen LogP contribution in [0, 0.1) is 6.92 Å². The van der Waals surface area contributed by atoms with E-state index in [1.165, 1.54) is 7.11 Å². The van der Waals surface area contributed by atoms with Gasteiger partial charge in [-0.25, -0.2) is 4.79 Å². The van der Waals surface area contributed by atoms with Crippen LogP contribution >= 0.6 is 0 Å². The Bertz CT molecular complexity index is 469. The first kappa shape index (κ1) is 15.2. The third-order valence-electron chi connectivity index (χ3n) is 2.56. The van der Waals surface area contributed by atoms with Gasteiger partial charge in [0.15, 0.2) is 0 Å². The van der Waals surface area contributed by atoms with Crippen LogP contribution in [0.2, 0.25) is 0 Å². The summed E-state index contributed by atoms with van der Waals surface area (Å²) in [5.74, 6) is -0.675. The van der Waals surface area contributed by atoms with Crippen LogP contribution in [0.3, 0.4) is 0 Å². The Labute approximate surface area is 112 Å². The number of rotatable bonds is 5. The van der Waals surface area contributed by atoms with E-state index in [0.29, 0.717) is 16.8 Å². The zero-order chi connectivity index (χ0) is 14.4. The molecule has 0 fully saturated rings. The maximum Gasteiger partial charge on any atom is 0.338 e. The second-order valence-corrected chi connectivity index (χ2v) is 4.38. The third kappa shape index (κ3) is 4.37. The van der Waals surface area contributed by atoms with Crippen LogP contribution in [0.1, 0.15) is 29.8 Å². The molecule has 0 radical (unpaired) electrons. The summed E-state index contributed by atoms with van der Waals surface area (Å²) in [6.07, 6.45) is -0.00625. The summed E-state index contributed by atoms with van der Waals surface area (Å²) < 4.78 is 9.89. The van der Waals surface area contributed by atoms with Crippen molar-refractivity contribution < 1.29 is 19.1 Å². The maximum absolute atomic E-state index is 11.7. The SMILES string of the molecule is COC(=O)c1cccc(NC(=O)COC(C)C)c1C. The number of benzene rings is 1. The maximum atomic E-state index is 11.7. The van der Waals surface area contributed by atoms with E-state index in [0.717, 1.165) is 0 Å². The molecule has 104 valence electrons. The van der Waals surface area contributed by atoms with Gasteiger partial charge in [-0.15, -0.1) is 0 Å². The summed E-state index contributed by atoms with van der Waals surface area (Å²) in [4.78, 5) is 23.2. The number of amides is 1. The van der Waals surface area contributed by atoms with Gasteiger partial charge in [0, 0.05) is 5.69 Å². The van der Waals surface area contributed by atoms with Crippen LogP contribution in [0.5, 0.6) is 0 Å². The second kappa shape index (κ2) is 6.89. The Kier molecular flexibility index (Phi) is 5.51. The first-order valence-electron chi connectivity index (χ1n) is 6.05. The first-order valence-corrected chi connectivity index (χ1v) is 6.05. The fourth-order valence-electron chi connectivity index (χ4n) is 1.53. The minimum Gasteiger partial charge on any atom is -0.465 e. The molecule has 19 heavy (non-hydrogen) atoms. The van der Waals surface area contributed by atoms with Crippen molar-refractivity contribution in [1.29, 1.82) is 0 Å². The molecule has 0 spiro atoms. The van der Waals surface area contributed by atoms with Crippen molar-refractivity contribution in [2.75, 3.05) is 19.0 Å². The van der Waals surface area contributed by atoms with E-state index in [2.05, 4.69) is 10.1 Å². The van der Waals surface area contributed by atoms with Crippen molar-refractivity contribution in [1.82, 2.24) is 0 Å². The van der Waals surface area contributed by atoms with Crippen LogP contribution in [0.15, 0.2) is 18.2 Å². The van der Waals surface area contributed by atoms with E-state index in [1.807, 2.05) is 13.8 Å². The Hall–Kier alpha value is -1.88. The number of esters is 1. The molecule has 1 aromatic carbocycles. The van der Waals surface area contributed by atoms with Gasteiger partial charge in [-0.1, -0.05) is 6.07 Å². The van der Waals surface area contributed by atoms with Gasteiger partial charge >= 0.3 is 5.97 Å². The topological polar surface area (TPSA) is 64.6 Å². The molecule has 1 N–H and O–H groups in total. The number of ether oxygens (including phenoxy) is 2. The van der Waals surface area contributed by atoms with Gasteiger partial charge in [0.05, 0.1) is 18.8 Å². The zero-order valence-corrected chi connectivity index (χ0v) is 11.6. The minimum atomic E-state index is -0.424. The fraction of sp³-hybridized carbons (Fsp3) is 0.429. The molecular formula is C14H19NO4. The summed E-state index contributed by atoms with van der Waals surface area (Å²) in [6.45, 7) is 5.46. The highest BCUT2D eigenvalue weighted by molar-refractivity contribution is 5.97. The molecular weight excluding hydrogens is 246 g/mol. The Morgan fingerprint density at radius 3 is 2.58 bits per heavy atom. The number of carbonyl (C=O) groups is 2.